The number of para-hydroxylation sites is 1. The summed E-state index contributed by atoms with van der Waals surface area (Å²) in [6.07, 6.45) is 2.13. The van der Waals surface area contributed by atoms with Crippen molar-refractivity contribution in [2.75, 3.05) is 19.6 Å². The van der Waals surface area contributed by atoms with Crippen molar-refractivity contribution in [3.05, 3.63) is 106 Å². The van der Waals surface area contributed by atoms with Gasteiger partial charge in [0.2, 0.25) is 47.3 Å². The van der Waals surface area contributed by atoms with E-state index in [-0.39, 0.29) is 82.9 Å². The van der Waals surface area contributed by atoms with Crippen LogP contribution in [-0.2, 0) is 57.6 Å². The number of aromatic amines is 1. The SMILES string of the molecule is NC(=O)C[C@H](NC(=O)[C@H](CCCN=C(N)N)NC(=O)[C@@H]1CCCN1C(=O)[C@H](CCCN=C(N)N)NC(=O)[C@H](Cc1cccc2ccccc12)NC(=O)[C@H](Cc1c[nH]c2ccccc12)NC(=O)Cc1cccs1)C(N)=O. The van der Waals surface area contributed by atoms with Crippen LogP contribution in [0.2, 0.25) is 0 Å². The van der Waals surface area contributed by atoms with Crippen molar-refractivity contribution in [1.82, 2.24) is 36.5 Å². The van der Waals surface area contributed by atoms with Gasteiger partial charge in [0.05, 0.1) is 12.8 Å². The number of fused-ring (bicyclic) bond motifs is 2. The van der Waals surface area contributed by atoms with Crippen molar-refractivity contribution in [1.29, 1.82) is 0 Å². The highest BCUT2D eigenvalue weighted by atomic mass is 32.1. The number of rotatable bonds is 27. The molecule has 24 heteroatoms. The molecular formula is C51H65N15O8S. The van der Waals surface area contributed by atoms with Gasteiger partial charge in [-0.2, -0.15) is 0 Å². The lowest BCUT2D eigenvalue weighted by Crippen LogP contribution is -2.60. The van der Waals surface area contributed by atoms with Crippen LogP contribution >= 0.6 is 11.3 Å². The molecule has 0 bridgehead atoms. The number of primary amides is 2. The number of benzene rings is 3. The van der Waals surface area contributed by atoms with Gasteiger partial charge in [-0.1, -0.05) is 66.7 Å². The van der Waals surface area contributed by atoms with Crippen molar-refractivity contribution in [3.8, 4) is 0 Å². The average molecular weight is 1050 g/mol. The first kappa shape index (κ1) is 55.8. The molecule has 2 aromatic heterocycles. The Kier molecular flexibility index (Phi) is 20.0. The second kappa shape index (κ2) is 27.0. The van der Waals surface area contributed by atoms with E-state index >= 15 is 0 Å². The van der Waals surface area contributed by atoms with E-state index in [9.17, 15) is 38.4 Å². The number of thiophene rings is 1. The lowest BCUT2D eigenvalue weighted by molar-refractivity contribution is -0.142. The minimum Gasteiger partial charge on any atom is -0.370 e. The summed E-state index contributed by atoms with van der Waals surface area (Å²) in [5.41, 5.74) is 35.2. The average Bonchev–Trinajstić information content (AvgIpc) is 4.17. The van der Waals surface area contributed by atoms with E-state index in [1.165, 1.54) is 16.2 Å². The molecule has 0 saturated carbocycles. The first-order valence-corrected chi connectivity index (χ1v) is 25.4. The van der Waals surface area contributed by atoms with E-state index in [0.29, 0.717) is 12.0 Å². The molecule has 8 amide bonds. The van der Waals surface area contributed by atoms with E-state index in [4.69, 9.17) is 34.4 Å². The summed E-state index contributed by atoms with van der Waals surface area (Å²) >= 11 is 1.40. The van der Waals surface area contributed by atoms with Crippen LogP contribution in [-0.4, -0.2) is 125 Å². The lowest BCUT2D eigenvalue weighted by atomic mass is 9.97. The van der Waals surface area contributed by atoms with Gasteiger partial charge in [-0.3, -0.25) is 48.3 Å². The van der Waals surface area contributed by atoms with Crippen LogP contribution in [0, 0.1) is 0 Å². The van der Waals surface area contributed by atoms with Gasteiger partial charge in [0.25, 0.3) is 0 Å². The van der Waals surface area contributed by atoms with E-state index in [2.05, 4.69) is 41.6 Å². The van der Waals surface area contributed by atoms with Gasteiger partial charge in [-0.05, 0) is 77.9 Å². The van der Waals surface area contributed by atoms with Crippen LogP contribution < -0.4 is 61.0 Å². The lowest BCUT2D eigenvalue weighted by Gasteiger charge is -2.31. The smallest absolute Gasteiger partial charge is 0.245 e. The molecule has 1 aliphatic heterocycles. The van der Waals surface area contributed by atoms with Gasteiger partial charge in [0.15, 0.2) is 11.9 Å². The molecule has 23 nitrogen and oxygen atoms in total. The fraction of sp³-hybridized carbons (Fsp3) is 0.373. The van der Waals surface area contributed by atoms with Gasteiger partial charge in [-0.15, -0.1) is 11.3 Å². The van der Waals surface area contributed by atoms with Crippen molar-refractivity contribution in [2.24, 2.45) is 44.4 Å². The van der Waals surface area contributed by atoms with Crippen LogP contribution in [0.3, 0.4) is 0 Å². The summed E-state index contributed by atoms with van der Waals surface area (Å²) < 4.78 is 0. The van der Waals surface area contributed by atoms with Crippen LogP contribution in [0.1, 0.15) is 60.9 Å². The van der Waals surface area contributed by atoms with Crippen molar-refractivity contribution in [2.45, 2.75) is 100 Å². The number of nitrogens with one attached hydrogen (secondary N) is 6. The summed E-state index contributed by atoms with van der Waals surface area (Å²) in [6, 6.07) is 16.7. The Balaban J connectivity index is 1.28. The Morgan fingerprint density at radius 3 is 1.91 bits per heavy atom. The number of carbonyl (C=O) groups excluding carboxylic acids is 8. The fourth-order valence-electron chi connectivity index (χ4n) is 8.99. The van der Waals surface area contributed by atoms with E-state index in [1.807, 2.05) is 84.2 Å². The molecule has 0 aliphatic carbocycles. The highest BCUT2D eigenvalue weighted by Gasteiger charge is 2.40. The third kappa shape index (κ3) is 16.2. The number of guanidine groups is 2. The van der Waals surface area contributed by atoms with Crippen LogP contribution in [0.4, 0.5) is 0 Å². The highest BCUT2D eigenvalue weighted by Crippen LogP contribution is 2.24. The normalized spacial score (nSPS) is 15.1. The maximum Gasteiger partial charge on any atom is 0.245 e. The molecule has 1 fully saturated rings. The van der Waals surface area contributed by atoms with Crippen LogP contribution in [0.15, 0.2) is 100 Å². The van der Waals surface area contributed by atoms with Gasteiger partial charge in [0, 0.05) is 54.5 Å². The molecule has 1 saturated heterocycles. The molecule has 3 heterocycles. The first-order chi connectivity index (χ1) is 36.0. The van der Waals surface area contributed by atoms with Gasteiger partial charge >= 0.3 is 0 Å². The molecule has 18 N–H and O–H groups in total. The molecule has 0 radical (unpaired) electrons. The molecular weight excluding hydrogens is 983 g/mol. The summed E-state index contributed by atoms with van der Waals surface area (Å²) in [5, 5.41) is 18.2. The zero-order chi connectivity index (χ0) is 54.0. The number of aliphatic imine (C=N–C) groups is 2. The summed E-state index contributed by atoms with van der Waals surface area (Å²) in [6.45, 7) is 0.258. The predicted octanol–water partition coefficient (Wildman–Crippen LogP) is -0.707. The van der Waals surface area contributed by atoms with Crippen molar-refractivity contribution >= 4 is 92.2 Å². The van der Waals surface area contributed by atoms with Crippen LogP contribution in [0.5, 0.6) is 0 Å². The molecule has 398 valence electrons. The number of hydrogen-bond donors (Lipinski definition) is 12. The maximum atomic E-state index is 15.0. The van der Waals surface area contributed by atoms with E-state index in [0.717, 1.165) is 32.1 Å². The molecule has 3 aromatic carbocycles. The van der Waals surface area contributed by atoms with E-state index in [1.54, 1.807) is 6.20 Å². The third-order valence-electron chi connectivity index (χ3n) is 12.6. The minimum atomic E-state index is -1.48. The molecule has 1 aliphatic rings. The zero-order valence-electron chi connectivity index (χ0n) is 41.3. The number of nitrogens with two attached hydrogens (primary N) is 6. The molecule has 75 heavy (non-hydrogen) atoms. The Hall–Kier alpha value is -8.54. The zero-order valence-corrected chi connectivity index (χ0v) is 42.1. The Labute approximate surface area is 436 Å². The Morgan fingerprint density at radius 2 is 1.24 bits per heavy atom. The monoisotopic (exact) mass is 1050 g/mol. The summed E-state index contributed by atoms with van der Waals surface area (Å²) in [5.74, 6) is -6.33. The van der Waals surface area contributed by atoms with Crippen molar-refractivity contribution in [3.63, 3.8) is 0 Å². The molecule has 0 unspecified atom stereocenters. The number of carbonyl (C=O) groups is 8. The number of amides is 8. The molecule has 6 atom stereocenters. The molecule has 0 spiro atoms. The number of H-pyrrole nitrogens is 1. The quantitative estimate of drug-likeness (QED) is 0.0176. The van der Waals surface area contributed by atoms with Crippen LogP contribution in [0.25, 0.3) is 21.7 Å². The second-order valence-corrected chi connectivity index (χ2v) is 19.2. The topological polar surface area (TPSA) is 397 Å². The number of nitrogens with zero attached hydrogens (tertiary/aromatic N) is 3. The largest absolute Gasteiger partial charge is 0.370 e. The second-order valence-electron chi connectivity index (χ2n) is 18.2. The maximum absolute atomic E-state index is 15.0. The first-order valence-electron chi connectivity index (χ1n) is 24.5. The Morgan fingerprint density at radius 1 is 0.640 bits per heavy atom. The third-order valence-corrected chi connectivity index (χ3v) is 13.5. The number of hydrogen-bond acceptors (Lipinski definition) is 11. The van der Waals surface area contributed by atoms with Gasteiger partial charge in [-0.25, -0.2) is 0 Å². The summed E-state index contributed by atoms with van der Waals surface area (Å²) in [4.78, 5) is 123. The molecule has 5 aromatic rings. The van der Waals surface area contributed by atoms with Gasteiger partial charge < -0.3 is 70.9 Å². The predicted molar refractivity (Wildman–Crippen MR) is 285 cm³/mol. The molecule has 6 rings (SSSR count). The van der Waals surface area contributed by atoms with E-state index < -0.39 is 89.9 Å². The fourth-order valence-corrected chi connectivity index (χ4v) is 9.69. The van der Waals surface area contributed by atoms with Gasteiger partial charge in [0.1, 0.15) is 36.3 Å². The number of aromatic nitrogens is 1. The minimum absolute atomic E-state index is 0.00666. The summed E-state index contributed by atoms with van der Waals surface area (Å²) in [7, 11) is 0. The number of likely N-dealkylation sites (tertiary alicyclic amines) is 1. The Bertz CT molecular complexity index is 2890. The highest BCUT2D eigenvalue weighted by molar-refractivity contribution is 7.10. The van der Waals surface area contributed by atoms with Crippen molar-refractivity contribution < 1.29 is 38.4 Å². The standard InChI is InChI=1S/C51H65N15O8S/c52-42(67)27-38(44(53)69)64-45(70)36(17-6-20-58-50(54)55)62-48(73)41-19-8-22-66(41)49(74)37(18-7-21-59-51(56)57)63-47(72)40(24-30-12-5-11-29-10-1-2-14-33(29)30)65-46(71)39(61-43(68)26-32-13-9-23-75-32)25-31-28-60-35-16-4-3-15-34(31)35/h1-5,9-16,23,28,36-41,60H,6-8,17-22,24-27H2,(H2,52,67)(H2,53,69)(H,61,68)(H,62,73)(H,63,72)(H,64,70)(H,65,71)(H4,54,55,58)(H4,56,57,59)/t36-,37-,38-,39-,40-,41-/m0/s1.